The van der Waals surface area contributed by atoms with Crippen LogP contribution in [0.25, 0.3) is 0 Å². The second kappa shape index (κ2) is 3.99. The number of aromatic nitrogens is 2. The van der Waals surface area contributed by atoms with E-state index in [1.54, 1.807) is 24.4 Å². The molecular weight excluding hydrogens is 234 g/mol. The van der Waals surface area contributed by atoms with Crippen LogP contribution in [0, 0.1) is 0 Å². The molecule has 0 bridgehead atoms. The summed E-state index contributed by atoms with van der Waals surface area (Å²) in [5.74, 6) is 0.127. The predicted molar refractivity (Wildman–Crippen MR) is 62.5 cm³/mol. The van der Waals surface area contributed by atoms with Gasteiger partial charge in [0.15, 0.2) is 6.61 Å². The van der Waals surface area contributed by atoms with Crippen LogP contribution >= 0.6 is 0 Å². The first kappa shape index (κ1) is 10.5. The number of benzene rings is 1. The molecule has 0 spiro atoms. The van der Waals surface area contributed by atoms with Gasteiger partial charge in [0.1, 0.15) is 12.1 Å². The summed E-state index contributed by atoms with van der Waals surface area (Å²) in [5.41, 5.74) is 0.967. The molecule has 3 rings (SSSR count). The van der Waals surface area contributed by atoms with Gasteiger partial charge in [-0.3, -0.25) is 14.2 Å². The van der Waals surface area contributed by atoms with Crippen molar-refractivity contribution in [3.8, 4) is 5.75 Å². The standard InChI is InChI=1S/C12H9N3O3/c16-11-6-18-10-2-1-8(5-9(10)14-11)12(17)15-4-3-13-7-15/h1-5,7H,6H2,(H,14,16). The zero-order valence-electron chi connectivity index (χ0n) is 9.29. The monoisotopic (exact) mass is 243 g/mol. The molecule has 6 heteroatoms. The van der Waals surface area contributed by atoms with Crippen molar-refractivity contribution < 1.29 is 14.3 Å². The van der Waals surface area contributed by atoms with Crippen molar-refractivity contribution in [2.45, 2.75) is 0 Å². The summed E-state index contributed by atoms with van der Waals surface area (Å²) in [4.78, 5) is 27.1. The van der Waals surface area contributed by atoms with E-state index in [1.807, 2.05) is 0 Å². The fourth-order valence-corrected chi connectivity index (χ4v) is 1.74. The Hall–Kier alpha value is -2.63. The normalized spacial score (nSPS) is 13.4. The number of carbonyl (C=O) groups excluding carboxylic acids is 2. The third kappa shape index (κ3) is 1.73. The lowest BCUT2D eigenvalue weighted by molar-refractivity contribution is -0.118. The number of nitrogens with one attached hydrogen (secondary N) is 1. The fourth-order valence-electron chi connectivity index (χ4n) is 1.74. The van der Waals surface area contributed by atoms with E-state index in [2.05, 4.69) is 10.3 Å². The fraction of sp³-hybridized carbons (Fsp3) is 0.0833. The van der Waals surface area contributed by atoms with Gasteiger partial charge in [0, 0.05) is 18.0 Å². The van der Waals surface area contributed by atoms with Crippen LogP contribution in [-0.2, 0) is 4.79 Å². The molecule has 0 saturated carbocycles. The van der Waals surface area contributed by atoms with Crippen LogP contribution in [0.5, 0.6) is 5.75 Å². The Morgan fingerprint density at radius 2 is 2.33 bits per heavy atom. The average Bonchev–Trinajstić information content (AvgIpc) is 2.90. The van der Waals surface area contributed by atoms with Crippen molar-refractivity contribution in [2.75, 3.05) is 11.9 Å². The van der Waals surface area contributed by atoms with Crippen LogP contribution < -0.4 is 10.1 Å². The summed E-state index contributed by atoms with van der Waals surface area (Å²) in [5, 5.41) is 2.66. The molecule has 2 aromatic rings. The van der Waals surface area contributed by atoms with Crippen molar-refractivity contribution in [1.82, 2.24) is 9.55 Å². The quantitative estimate of drug-likeness (QED) is 0.807. The van der Waals surface area contributed by atoms with E-state index in [1.165, 1.54) is 17.1 Å². The number of hydrogen-bond donors (Lipinski definition) is 1. The minimum absolute atomic E-state index is 0.00180. The lowest BCUT2D eigenvalue weighted by Gasteiger charge is -2.18. The molecule has 0 atom stereocenters. The maximum Gasteiger partial charge on any atom is 0.263 e. The highest BCUT2D eigenvalue weighted by atomic mass is 16.5. The van der Waals surface area contributed by atoms with Crippen LogP contribution in [-0.4, -0.2) is 28.0 Å². The number of carbonyl (C=O) groups is 2. The molecule has 18 heavy (non-hydrogen) atoms. The minimum atomic E-state index is -0.227. The molecule has 0 radical (unpaired) electrons. The highest BCUT2D eigenvalue weighted by Crippen LogP contribution is 2.28. The van der Waals surface area contributed by atoms with E-state index in [0.717, 1.165) is 0 Å². The molecular formula is C12H9N3O3. The number of imidazole rings is 1. The maximum atomic E-state index is 12.0. The molecule has 1 aliphatic rings. The Morgan fingerprint density at radius 3 is 3.11 bits per heavy atom. The van der Waals surface area contributed by atoms with Gasteiger partial charge >= 0.3 is 0 Å². The van der Waals surface area contributed by atoms with Crippen molar-refractivity contribution in [3.05, 3.63) is 42.5 Å². The third-order valence-electron chi connectivity index (χ3n) is 2.60. The number of anilines is 1. The highest BCUT2D eigenvalue weighted by Gasteiger charge is 2.18. The molecule has 6 nitrogen and oxygen atoms in total. The summed E-state index contributed by atoms with van der Waals surface area (Å²) >= 11 is 0. The third-order valence-corrected chi connectivity index (χ3v) is 2.60. The van der Waals surface area contributed by atoms with Gasteiger partial charge < -0.3 is 10.1 Å². The van der Waals surface area contributed by atoms with Gasteiger partial charge in [-0.25, -0.2) is 4.98 Å². The number of fused-ring (bicyclic) bond motifs is 1. The first-order valence-corrected chi connectivity index (χ1v) is 5.33. The van der Waals surface area contributed by atoms with E-state index in [9.17, 15) is 9.59 Å². The van der Waals surface area contributed by atoms with Gasteiger partial charge in [-0.15, -0.1) is 0 Å². The second-order valence-electron chi connectivity index (χ2n) is 3.82. The first-order chi connectivity index (χ1) is 8.74. The van der Waals surface area contributed by atoms with Crippen molar-refractivity contribution >= 4 is 17.5 Å². The highest BCUT2D eigenvalue weighted by molar-refractivity contribution is 6.00. The van der Waals surface area contributed by atoms with Crippen LogP contribution in [0.15, 0.2) is 36.9 Å². The lowest BCUT2D eigenvalue weighted by Crippen LogP contribution is -2.25. The summed E-state index contributed by atoms with van der Waals surface area (Å²) in [6.07, 6.45) is 4.52. The average molecular weight is 243 g/mol. The number of amides is 1. The summed E-state index contributed by atoms with van der Waals surface area (Å²) in [6.45, 7) is 0.00180. The summed E-state index contributed by atoms with van der Waals surface area (Å²) < 4.78 is 6.59. The Morgan fingerprint density at radius 1 is 1.44 bits per heavy atom. The Bertz CT molecular complexity index is 620. The van der Waals surface area contributed by atoms with E-state index in [-0.39, 0.29) is 18.4 Å². The lowest BCUT2D eigenvalue weighted by atomic mass is 10.1. The van der Waals surface area contributed by atoms with Crippen LogP contribution in [0.2, 0.25) is 0 Å². The van der Waals surface area contributed by atoms with Gasteiger partial charge in [-0.2, -0.15) is 0 Å². The SMILES string of the molecule is O=C1COc2ccc(C(=O)n3ccnc3)cc2N1. The molecule has 2 heterocycles. The van der Waals surface area contributed by atoms with Crippen LogP contribution in [0.1, 0.15) is 10.4 Å². The maximum absolute atomic E-state index is 12.0. The van der Waals surface area contributed by atoms with Gasteiger partial charge in [0.25, 0.3) is 11.8 Å². The Labute approximate surface area is 102 Å². The number of nitrogens with zero attached hydrogens (tertiary/aromatic N) is 2. The van der Waals surface area contributed by atoms with Crippen LogP contribution in [0.4, 0.5) is 5.69 Å². The molecule has 1 N–H and O–H groups in total. The molecule has 0 aliphatic carbocycles. The van der Waals surface area contributed by atoms with E-state index >= 15 is 0 Å². The summed E-state index contributed by atoms with van der Waals surface area (Å²) in [7, 11) is 0. The number of ether oxygens (including phenoxy) is 1. The molecule has 0 unspecified atom stereocenters. The van der Waals surface area contributed by atoms with Crippen molar-refractivity contribution in [3.63, 3.8) is 0 Å². The molecule has 0 saturated heterocycles. The zero-order valence-corrected chi connectivity index (χ0v) is 9.29. The van der Waals surface area contributed by atoms with Gasteiger partial charge in [-0.05, 0) is 18.2 Å². The largest absolute Gasteiger partial charge is 0.482 e. The van der Waals surface area contributed by atoms with Crippen molar-refractivity contribution in [1.29, 1.82) is 0 Å². The molecule has 1 aromatic carbocycles. The molecule has 0 fully saturated rings. The zero-order chi connectivity index (χ0) is 12.5. The van der Waals surface area contributed by atoms with Crippen LogP contribution in [0.3, 0.4) is 0 Å². The van der Waals surface area contributed by atoms with E-state index < -0.39 is 0 Å². The Kier molecular flexibility index (Phi) is 2.33. The molecule has 90 valence electrons. The number of rotatable bonds is 1. The van der Waals surface area contributed by atoms with E-state index in [4.69, 9.17) is 4.74 Å². The Balaban J connectivity index is 1.97. The minimum Gasteiger partial charge on any atom is -0.482 e. The number of hydrogen-bond acceptors (Lipinski definition) is 4. The molecule has 1 aromatic heterocycles. The van der Waals surface area contributed by atoms with Gasteiger partial charge in [0.05, 0.1) is 5.69 Å². The van der Waals surface area contributed by atoms with Gasteiger partial charge in [0.2, 0.25) is 0 Å². The predicted octanol–water partition coefficient (Wildman–Crippen LogP) is 0.902. The summed E-state index contributed by atoms with van der Waals surface area (Å²) in [6, 6.07) is 4.91. The van der Waals surface area contributed by atoms with Crippen molar-refractivity contribution in [2.24, 2.45) is 0 Å². The first-order valence-electron chi connectivity index (χ1n) is 5.33. The smallest absolute Gasteiger partial charge is 0.263 e. The molecule has 1 aliphatic heterocycles. The molecule has 1 amide bonds. The van der Waals surface area contributed by atoms with E-state index in [0.29, 0.717) is 17.0 Å². The topological polar surface area (TPSA) is 73.2 Å². The van der Waals surface area contributed by atoms with Gasteiger partial charge in [-0.1, -0.05) is 0 Å². The second-order valence-corrected chi connectivity index (χ2v) is 3.82.